The minimum atomic E-state index is 0.272. The van der Waals surface area contributed by atoms with E-state index in [0.717, 1.165) is 41.2 Å². The Morgan fingerprint density at radius 2 is 1.10 bits per heavy atom. The number of anilines is 1. The van der Waals surface area contributed by atoms with E-state index in [1.54, 1.807) is 0 Å². The molecule has 1 atom stereocenters. The fourth-order valence-electron chi connectivity index (χ4n) is 4.08. The van der Waals surface area contributed by atoms with E-state index in [9.17, 15) is 0 Å². The number of hydrogen-bond acceptors (Lipinski definition) is 2. The van der Waals surface area contributed by atoms with Gasteiger partial charge in [0.1, 0.15) is 0 Å². The Labute approximate surface area is 327 Å². The van der Waals surface area contributed by atoms with Gasteiger partial charge in [-0.05, 0) is 102 Å². The molecular weight excluding hydrogens is 629 g/mol. The molecule has 2 aromatic rings. The van der Waals surface area contributed by atoms with Crippen LogP contribution in [-0.4, -0.2) is 6.54 Å². The third-order valence-electron chi connectivity index (χ3n) is 8.16. The molecule has 0 amide bonds. The van der Waals surface area contributed by atoms with E-state index in [2.05, 4.69) is 190 Å². The lowest BCUT2D eigenvalue weighted by atomic mass is 9.89. The number of rotatable bonds is 15. The van der Waals surface area contributed by atoms with Crippen LogP contribution in [0.25, 0.3) is 5.70 Å². The van der Waals surface area contributed by atoms with Crippen LogP contribution < -0.4 is 10.6 Å². The van der Waals surface area contributed by atoms with Gasteiger partial charge in [0, 0.05) is 29.5 Å². The number of unbranched alkanes of at least 4 members (excludes halogenated alkanes) is 4. The molecule has 0 radical (unpaired) electrons. The fourth-order valence-corrected chi connectivity index (χ4v) is 4.08. The number of nitrogens with one attached hydrogen (secondary N) is 2. The van der Waals surface area contributed by atoms with Gasteiger partial charge in [-0.1, -0.05) is 180 Å². The monoisotopic (exact) mass is 717 g/mol. The summed E-state index contributed by atoms with van der Waals surface area (Å²) in [4.78, 5) is 0. The van der Waals surface area contributed by atoms with Crippen molar-refractivity contribution >= 4 is 11.4 Å². The normalized spacial score (nSPS) is 9.85. The summed E-state index contributed by atoms with van der Waals surface area (Å²) in [7, 11) is 0. The van der Waals surface area contributed by atoms with Gasteiger partial charge in [0.15, 0.2) is 0 Å². The summed E-state index contributed by atoms with van der Waals surface area (Å²) in [6.45, 7) is 51.6. The maximum absolute atomic E-state index is 4.30. The largest absolute Gasteiger partial charge is 0.385 e. The van der Waals surface area contributed by atoms with Crippen LogP contribution in [0.5, 0.6) is 0 Å². The highest BCUT2D eigenvalue weighted by Crippen LogP contribution is 2.30. The van der Waals surface area contributed by atoms with Crippen LogP contribution >= 0.6 is 0 Å². The molecule has 0 fully saturated rings. The smallest absolute Gasteiger partial charge is 0.0420 e. The number of aryl methyl sites for hydroxylation is 3. The second-order valence-corrected chi connectivity index (χ2v) is 14.2. The maximum Gasteiger partial charge on any atom is 0.0420 e. The van der Waals surface area contributed by atoms with E-state index in [4.69, 9.17) is 0 Å². The molecule has 0 saturated heterocycles. The molecule has 0 spiro atoms. The average Bonchev–Trinajstić information content (AvgIpc) is 3.10. The fraction of sp³-hybridized carbons (Fsp3) is 0.560. The van der Waals surface area contributed by atoms with Crippen molar-refractivity contribution in [2.75, 3.05) is 11.9 Å². The van der Waals surface area contributed by atoms with Crippen LogP contribution in [0.1, 0.15) is 176 Å². The van der Waals surface area contributed by atoms with Crippen molar-refractivity contribution in [3.05, 3.63) is 119 Å². The van der Waals surface area contributed by atoms with E-state index >= 15 is 0 Å². The summed E-state index contributed by atoms with van der Waals surface area (Å²) in [5.41, 5.74) is 12.9. The minimum absolute atomic E-state index is 0.272. The zero-order valence-electron chi connectivity index (χ0n) is 37.7. The first-order valence-electron chi connectivity index (χ1n) is 20.5. The first kappa shape index (κ1) is 55.5. The summed E-state index contributed by atoms with van der Waals surface area (Å²) < 4.78 is 0. The molecule has 2 aromatic carbocycles. The van der Waals surface area contributed by atoms with Crippen molar-refractivity contribution in [3.8, 4) is 0 Å². The standard InChI is InChI=1S/C24H36N2.C8H10.C7H14.2C4H10.C3H8/c1-10-11-14-25-20(8)22-13-12-18(6)23(15-22)26-21(9)24(17(4)5)19(7)16(2)3;1-7-5-3-4-6-8(7)2;1-4-5-6-7(2)3;2*1-3-4-2;1-3-2/h12-13,15,19,25-26H,2,8-11,14H2,1,3-7H3;3-6H,1-2H3;2,4-6H2,1,3H3;2*3-4H2,1-2H3;3H2,1-2H3. The third-order valence-corrected chi connectivity index (χ3v) is 8.16. The van der Waals surface area contributed by atoms with E-state index in [-0.39, 0.29) is 5.92 Å². The first-order chi connectivity index (χ1) is 24.5. The van der Waals surface area contributed by atoms with Gasteiger partial charge < -0.3 is 10.6 Å². The molecular formula is C50H88N2. The van der Waals surface area contributed by atoms with E-state index in [1.165, 1.54) is 91.2 Å². The molecule has 0 heterocycles. The summed E-state index contributed by atoms with van der Waals surface area (Å²) in [6, 6.07) is 14.7. The van der Waals surface area contributed by atoms with Crippen LogP contribution in [-0.2, 0) is 0 Å². The van der Waals surface area contributed by atoms with Crippen LogP contribution in [0.3, 0.4) is 0 Å². The molecule has 0 aromatic heterocycles. The number of benzene rings is 2. The molecule has 2 N–H and O–H groups in total. The molecule has 298 valence electrons. The highest BCUT2D eigenvalue weighted by Gasteiger charge is 2.15. The highest BCUT2D eigenvalue weighted by molar-refractivity contribution is 5.69. The predicted octanol–water partition coefficient (Wildman–Crippen LogP) is 16.9. The predicted molar refractivity (Wildman–Crippen MR) is 246 cm³/mol. The van der Waals surface area contributed by atoms with Crippen molar-refractivity contribution in [2.45, 2.75) is 175 Å². The van der Waals surface area contributed by atoms with Crippen LogP contribution in [0.15, 0.2) is 96.8 Å². The SMILES string of the molecule is C=C(C)CCCC.C=C(Nc1cc(C(=C)NCCCC)ccc1C)C(=C(C)C)C(C)C(=C)C.CCC.CCCC.CCCC.Cc1ccccc1C. The van der Waals surface area contributed by atoms with Crippen molar-refractivity contribution in [1.82, 2.24) is 5.32 Å². The van der Waals surface area contributed by atoms with Gasteiger partial charge in [-0.15, -0.1) is 6.58 Å². The molecule has 52 heavy (non-hydrogen) atoms. The quantitative estimate of drug-likeness (QED) is 0.109. The zero-order valence-corrected chi connectivity index (χ0v) is 37.7. The lowest BCUT2D eigenvalue weighted by molar-refractivity contribution is 0.745. The second kappa shape index (κ2) is 37.5. The third kappa shape index (κ3) is 31.5. The molecule has 2 nitrogen and oxygen atoms in total. The van der Waals surface area contributed by atoms with E-state index < -0.39 is 0 Å². The molecule has 2 rings (SSSR count). The summed E-state index contributed by atoms with van der Waals surface area (Å²) in [6.07, 6.45) is 12.6. The Balaban J connectivity index is -0.000000355. The Morgan fingerprint density at radius 1 is 0.635 bits per heavy atom. The Hall–Kier alpha value is -3.26. The maximum atomic E-state index is 4.30. The average molecular weight is 717 g/mol. The van der Waals surface area contributed by atoms with Gasteiger partial charge >= 0.3 is 0 Å². The van der Waals surface area contributed by atoms with Crippen LogP contribution in [0, 0.1) is 26.7 Å². The molecule has 2 heteroatoms. The lowest BCUT2D eigenvalue weighted by Crippen LogP contribution is -2.14. The molecule has 1 unspecified atom stereocenters. The van der Waals surface area contributed by atoms with Crippen LogP contribution in [0.2, 0.25) is 0 Å². The van der Waals surface area contributed by atoms with Gasteiger partial charge in [0.05, 0.1) is 0 Å². The molecule has 0 saturated carbocycles. The topological polar surface area (TPSA) is 24.1 Å². The van der Waals surface area contributed by atoms with Crippen molar-refractivity contribution in [2.24, 2.45) is 5.92 Å². The Kier molecular flexibility index (Phi) is 40.0. The van der Waals surface area contributed by atoms with E-state index in [0.29, 0.717) is 0 Å². The zero-order chi connectivity index (χ0) is 41.1. The van der Waals surface area contributed by atoms with Crippen molar-refractivity contribution in [3.63, 3.8) is 0 Å². The Morgan fingerprint density at radius 3 is 1.42 bits per heavy atom. The lowest BCUT2D eigenvalue weighted by Gasteiger charge is -2.23. The Bertz CT molecular complexity index is 1210. The number of hydrogen-bond donors (Lipinski definition) is 2. The minimum Gasteiger partial charge on any atom is -0.385 e. The van der Waals surface area contributed by atoms with Gasteiger partial charge in [-0.25, -0.2) is 0 Å². The first-order valence-corrected chi connectivity index (χ1v) is 20.5. The van der Waals surface area contributed by atoms with Crippen molar-refractivity contribution < 1.29 is 0 Å². The van der Waals surface area contributed by atoms with Gasteiger partial charge in [-0.3, -0.25) is 0 Å². The van der Waals surface area contributed by atoms with Gasteiger partial charge in [0.25, 0.3) is 0 Å². The number of allylic oxidation sites excluding steroid dienone is 4. The summed E-state index contributed by atoms with van der Waals surface area (Å²) in [5, 5.41) is 6.94. The summed E-state index contributed by atoms with van der Waals surface area (Å²) in [5.74, 6) is 0.272. The van der Waals surface area contributed by atoms with E-state index in [1.807, 2.05) is 0 Å². The molecule has 0 bridgehead atoms. The summed E-state index contributed by atoms with van der Waals surface area (Å²) >= 11 is 0. The van der Waals surface area contributed by atoms with Gasteiger partial charge in [0.2, 0.25) is 0 Å². The second-order valence-electron chi connectivity index (χ2n) is 14.2. The van der Waals surface area contributed by atoms with Crippen LogP contribution in [0.4, 0.5) is 5.69 Å². The molecule has 0 aliphatic heterocycles. The highest BCUT2D eigenvalue weighted by atomic mass is 14.9. The van der Waals surface area contributed by atoms with Crippen molar-refractivity contribution in [1.29, 1.82) is 0 Å². The molecule has 0 aliphatic rings. The molecule has 0 aliphatic carbocycles. The van der Waals surface area contributed by atoms with Gasteiger partial charge in [-0.2, -0.15) is 0 Å².